The summed E-state index contributed by atoms with van der Waals surface area (Å²) in [5.74, 6) is -1.50. The van der Waals surface area contributed by atoms with Crippen LogP contribution in [0, 0.1) is 5.41 Å². The van der Waals surface area contributed by atoms with Gasteiger partial charge in [-0.25, -0.2) is 9.78 Å². The molecule has 0 saturated heterocycles. The Labute approximate surface area is 121 Å². The lowest BCUT2D eigenvalue weighted by molar-refractivity contribution is -0.190. The van der Waals surface area contributed by atoms with Gasteiger partial charge in [-0.3, -0.25) is 4.79 Å². The van der Waals surface area contributed by atoms with Crippen LogP contribution in [0.2, 0.25) is 0 Å². The minimum Gasteiger partial charge on any atom is -0.479 e. The van der Waals surface area contributed by atoms with Gasteiger partial charge in [-0.05, 0) is 6.92 Å². The van der Waals surface area contributed by atoms with E-state index in [-0.39, 0.29) is 18.2 Å². The zero-order chi connectivity index (χ0) is 15.0. The second-order valence-corrected chi connectivity index (χ2v) is 6.13. The van der Waals surface area contributed by atoms with Crippen LogP contribution in [0.5, 0.6) is 0 Å². The van der Waals surface area contributed by atoms with E-state index >= 15 is 0 Å². The molecule has 1 aromatic rings. The first-order valence-corrected chi connectivity index (χ1v) is 7.35. The fourth-order valence-electron chi connectivity index (χ4n) is 2.62. The first kappa shape index (κ1) is 14.9. The highest BCUT2D eigenvalue weighted by Crippen LogP contribution is 2.51. The van der Waals surface area contributed by atoms with Gasteiger partial charge >= 0.3 is 5.97 Å². The fraction of sp³-hybridized carbons (Fsp3) is 0.615. The smallest absolute Gasteiger partial charge is 0.330 e. The van der Waals surface area contributed by atoms with E-state index in [1.165, 1.54) is 16.8 Å². The third kappa shape index (κ3) is 2.10. The van der Waals surface area contributed by atoms with Crippen molar-refractivity contribution in [3.63, 3.8) is 0 Å². The number of rotatable bonds is 5. The molecule has 7 heteroatoms. The summed E-state index contributed by atoms with van der Waals surface area (Å²) in [6.07, 6.45) is 0.0818. The molecule has 0 bridgehead atoms. The molecule has 1 aliphatic rings. The molecule has 2 rings (SSSR count). The summed E-state index contributed by atoms with van der Waals surface area (Å²) >= 11 is 1.29. The van der Waals surface area contributed by atoms with E-state index in [1.807, 2.05) is 6.92 Å². The lowest BCUT2D eigenvalue weighted by Gasteiger charge is -2.58. The maximum Gasteiger partial charge on any atom is 0.330 e. The summed E-state index contributed by atoms with van der Waals surface area (Å²) < 4.78 is 5.54. The predicted octanol–water partition coefficient (Wildman–Crippen LogP) is 1.53. The number of nitrogens with zero attached hydrogens (tertiary/aromatic N) is 1. The van der Waals surface area contributed by atoms with Crippen molar-refractivity contribution in [2.75, 3.05) is 6.61 Å². The number of amides is 1. The van der Waals surface area contributed by atoms with Crippen molar-refractivity contribution in [3.05, 3.63) is 16.6 Å². The third-order valence-electron chi connectivity index (χ3n) is 4.12. The molecule has 6 nitrogen and oxygen atoms in total. The second-order valence-electron chi connectivity index (χ2n) is 5.41. The molecule has 2 atom stereocenters. The van der Waals surface area contributed by atoms with E-state index in [2.05, 4.69) is 10.3 Å². The second kappa shape index (κ2) is 5.14. The highest BCUT2D eigenvalue weighted by Gasteiger charge is 2.66. The molecular weight excluding hydrogens is 280 g/mol. The highest BCUT2D eigenvalue weighted by atomic mass is 32.1. The molecule has 0 aliphatic heterocycles. The molecule has 0 unspecified atom stereocenters. The topological polar surface area (TPSA) is 88.5 Å². The van der Waals surface area contributed by atoms with Gasteiger partial charge in [-0.1, -0.05) is 13.8 Å². The van der Waals surface area contributed by atoms with Gasteiger partial charge in [0.25, 0.3) is 5.91 Å². The Morgan fingerprint density at radius 2 is 2.30 bits per heavy atom. The largest absolute Gasteiger partial charge is 0.479 e. The zero-order valence-corrected chi connectivity index (χ0v) is 12.5. The minimum absolute atomic E-state index is 0.181. The first-order chi connectivity index (χ1) is 9.35. The maximum absolute atomic E-state index is 12.1. The van der Waals surface area contributed by atoms with Crippen molar-refractivity contribution in [2.24, 2.45) is 5.41 Å². The lowest BCUT2D eigenvalue weighted by Crippen LogP contribution is -2.76. The van der Waals surface area contributed by atoms with Gasteiger partial charge in [0.2, 0.25) is 0 Å². The van der Waals surface area contributed by atoms with Crippen LogP contribution in [0.1, 0.15) is 37.7 Å². The van der Waals surface area contributed by atoms with Gasteiger partial charge in [-0.15, -0.1) is 11.3 Å². The quantitative estimate of drug-likeness (QED) is 0.860. The molecule has 1 aromatic heterocycles. The minimum atomic E-state index is -1.31. The average molecular weight is 298 g/mol. The maximum atomic E-state index is 12.1. The van der Waals surface area contributed by atoms with Gasteiger partial charge in [-0.2, -0.15) is 0 Å². The number of carbonyl (C=O) groups excluding carboxylic acids is 1. The van der Waals surface area contributed by atoms with E-state index in [1.54, 1.807) is 19.2 Å². The van der Waals surface area contributed by atoms with Gasteiger partial charge in [0.1, 0.15) is 11.2 Å². The fourth-order valence-corrected chi connectivity index (χ4v) is 3.15. The highest BCUT2D eigenvalue weighted by molar-refractivity contribution is 7.07. The molecule has 0 aromatic carbocycles. The molecule has 20 heavy (non-hydrogen) atoms. The van der Waals surface area contributed by atoms with E-state index in [9.17, 15) is 14.7 Å². The number of carboxylic acid groups (broad SMARTS) is 1. The molecule has 2 N–H and O–H groups in total. The Kier molecular flexibility index (Phi) is 3.84. The number of aromatic nitrogens is 1. The van der Waals surface area contributed by atoms with Gasteiger partial charge in [0.05, 0.1) is 11.6 Å². The van der Waals surface area contributed by atoms with Crippen molar-refractivity contribution in [1.29, 1.82) is 0 Å². The number of aliphatic carboxylic acids is 1. The van der Waals surface area contributed by atoms with Crippen LogP contribution < -0.4 is 5.32 Å². The SMILES string of the molecule is CCO[C@@H]1C[C@@](NC(=O)c2cscn2)(C(=O)O)C1(C)C. The molecule has 0 spiro atoms. The van der Waals surface area contributed by atoms with E-state index in [0.717, 1.165) is 0 Å². The van der Waals surface area contributed by atoms with Crippen molar-refractivity contribution in [2.45, 2.75) is 38.8 Å². The van der Waals surface area contributed by atoms with Crippen LogP contribution in [-0.2, 0) is 9.53 Å². The lowest BCUT2D eigenvalue weighted by atomic mass is 9.54. The van der Waals surface area contributed by atoms with E-state index in [0.29, 0.717) is 6.61 Å². The summed E-state index contributed by atoms with van der Waals surface area (Å²) in [7, 11) is 0. The Balaban J connectivity index is 2.21. The van der Waals surface area contributed by atoms with Gasteiger partial charge in [0, 0.05) is 23.8 Å². The van der Waals surface area contributed by atoms with Crippen LogP contribution in [0.3, 0.4) is 0 Å². The van der Waals surface area contributed by atoms with Crippen LogP contribution in [0.4, 0.5) is 0 Å². The summed E-state index contributed by atoms with van der Waals surface area (Å²) in [4.78, 5) is 27.7. The monoisotopic (exact) mass is 298 g/mol. The summed E-state index contributed by atoms with van der Waals surface area (Å²) in [5, 5.41) is 13.8. The molecule has 1 amide bonds. The first-order valence-electron chi connectivity index (χ1n) is 6.41. The van der Waals surface area contributed by atoms with Crippen molar-refractivity contribution in [1.82, 2.24) is 10.3 Å². The molecule has 1 aliphatic carbocycles. The molecule has 1 heterocycles. The average Bonchev–Trinajstić information content (AvgIpc) is 2.90. The standard InChI is InChI=1S/C13H18N2O4S/c1-4-19-9-5-13(11(17)18,12(9,2)3)15-10(16)8-6-20-7-14-8/h6-7,9H,4-5H2,1-3H3,(H,15,16)(H,17,18)/t9-,13-/m1/s1. The van der Waals surface area contributed by atoms with E-state index < -0.39 is 22.8 Å². The molecule has 110 valence electrons. The van der Waals surface area contributed by atoms with Crippen molar-refractivity contribution >= 4 is 23.2 Å². The van der Waals surface area contributed by atoms with Crippen LogP contribution >= 0.6 is 11.3 Å². The normalized spacial score (nSPS) is 27.6. The number of hydrogen-bond acceptors (Lipinski definition) is 5. The van der Waals surface area contributed by atoms with Crippen molar-refractivity contribution < 1.29 is 19.4 Å². The van der Waals surface area contributed by atoms with E-state index in [4.69, 9.17) is 4.74 Å². The van der Waals surface area contributed by atoms with Crippen molar-refractivity contribution in [3.8, 4) is 0 Å². The predicted molar refractivity (Wildman–Crippen MR) is 73.8 cm³/mol. The Morgan fingerprint density at radius 1 is 1.60 bits per heavy atom. The number of hydrogen-bond donors (Lipinski definition) is 2. The molecular formula is C13H18N2O4S. The van der Waals surface area contributed by atoms with Crippen LogP contribution in [0.15, 0.2) is 10.9 Å². The molecule has 1 saturated carbocycles. The van der Waals surface area contributed by atoms with Gasteiger partial charge < -0.3 is 15.2 Å². The third-order valence-corrected chi connectivity index (χ3v) is 4.71. The Morgan fingerprint density at radius 3 is 2.75 bits per heavy atom. The Hall–Kier alpha value is -1.47. The Bertz CT molecular complexity index is 514. The van der Waals surface area contributed by atoms with Gasteiger partial charge in [0.15, 0.2) is 0 Å². The molecule has 0 radical (unpaired) electrons. The number of carbonyl (C=O) groups is 2. The number of thiazole rings is 1. The van der Waals surface area contributed by atoms with Crippen LogP contribution in [-0.4, -0.2) is 40.2 Å². The van der Waals surface area contributed by atoms with Crippen LogP contribution in [0.25, 0.3) is 0 Å². The number of carboxylic acids is 1. The summed E-state index contributed by atoms with van der Waals surface area (Å²) in [5.41, 5.74) is -0.211. The summed E-state index contributed by atoms with van der Waals surface area (Å²) in [6.45, 7) is 5.98. The zero-order valence-electron chi connectivity index (χ0n) is 11.7. The summed E-state index contributed by atoms with van der Waals surface area (Å²) in [6, 6.07) is 0. The molecule has 1 fully saturated rings. The number of nitrogens with one attached hydrogen (secondary N) is 1. The number of ether oxygens (including phenoxy) is 1.